The molecule has 21 heavy (non-hydrogen) atoms. The molecule has 108 valence electrons. The van der Waals surface area contributed by atoms with Gasteiger partial charge in [-0.25, -0.2) is 4.79 Å². The van der Waals surface area contributed by atoms with Gasteiger partial charge in [-0.2, -0.15) is 0 Å². The standard InChI is InChI=1S/C18H19NO2/c1-3-19(16-9-6-7-14(2)13-16)17-10-5-4-8-15(17)11-12-18(20)21/h4-13H,3H2,1-2H3,(H,20,21). The first-order valence-electron chi connectivity index (χ1n) is 6.96. The number of hydrogen-bond acceptors (Lipinski definition) is 2. The number of aryl methyl sites for hydroxylation is 1. The van der Waals surface area contributed by atoms with E-state index in [0.717, 1.165) is 23.5 Å². The van der Waals surface area contributed by atoms with Crippen LogP contribution in [0.4, 0.5) is 11.4 Å². The molecule has 0 aliphatic carbocycles. The second-order valence-corrected chi connectivity index (χ2v) is 4.81. The summed E-state index contributed by atoms with van der Waals surface area (Å²) in [7, 11) is 0. The molecule has 0 heterocycles. The summed E-state index contributed by atoms with van der Waals surface area (Å²) in [5.74, 6) is -0.941. The van der Waals surface area contributed by atoms with E-state index in [1.165, 1.54) is 11.6 Å². The Bertz CT molecular complexity index is 662. The molecule has 2 aromatic rings. The molecule has 0 unspecified atom stereocenters. The van der Waals surface area contributed by atoms with E-state index < -0.39 is 5.97 Å². The molecule has 0 aliphatic rings. The maximum atomic E-state index is 10.7. The van der Waals surface area contributed by atoms with Crippen molar-refractivity contribution in [2.24, 2.45) is 0 Å². The van der Waals surface area contributed by atoms with Crippen LogP contribution in [0.15, 0.2) is 54.6 Å². The highest BCUT2D eigenvalue weighted by atomic mass is 16.4. The topological polar surface area (TPSA) is 40.5 Å². The Morgan fingerprint density at radius 1 is 1.19 bits per heavy atom. The predicted octanol–water partition coefficient (Wildman–Crippen LogP) is 4.25. The Balaban J connectivity index is 2.45. The highest BCUT2D eigenvalue weighted by molar-refractivity contribution is 5.87. The van der Waals surface area contributed by atoms with Crippen LogP contribution in [0.2, 0.25) is 0 Å². The summed E-state index contributed by atoms with van der Waals surface area (Å²) in [6, 6.07) is 16.1. The third-order valence-corrected chi connectivity index (χ3v) is 3.26. The summed E-state index contributed by atoms with van der Waals surface area (Å²) in [5.41, 5.74) is 4.20. The van der Waals surface area contributed by atoms with Gasteiger partial charge in [-0.1, -0.05) is 30.3 Å². The van der Waals surface area contributed by atoms with Gasteiger partial charge in [0.25, 0.3) is 0 Å². The number of para-hydroxylation sites is 1. The van der Waals surface area contributed by atoms with E-state index in [0.29, 0.717) is 0 Å². The van der Waals surface area contributed by atoms with Crippen molar-refractivity contribution >= 4 is 23.4 Å². The first-order valence-corrected chi connectivity index (χ1v) is 6.96. The number of benzene rings is 2. The van der Waals surface area contributed by atoms with Crippen molar-refractivity contribution in [2.75, 3.05) is 11.4 Å². The van der Waals surface area contributed by atoms with E-state index >= 15 is 0 Å². The fraction of sp³-hybridized carbons (Fsp3) is 0.167. The molecule has 0 aliphatic heterocycles. The lowest BCUT2D eigenvalue weighted by molar-refractivity contribution is -0.131. The summed E-state index contributed by atoms with van der Waals surface area (Å²) < 4.78 is 0. The van der Waals surface area contributed by atoms with E-state index in [1.807, 2.05) is 30.3 Å². The Morgan fingerprint density at radius 3 is 2.62 bits per heavy atom. The van der Waals surface area contributed by atoms with E-state index in [9.17, 15) is 4.79 Å². The molecular formula is C18H19NO2. The molecule has 0 atom stereocenters. The summed E-state index contributed by atoms with van der Waals surface area (Å²) in [6.45, 7) is 4.95. The summed E-state index contributed by atoms with van der Waals surface area (Å²) >= 11 is 0. The zero-order valence-corrected chi connectivity index (χ0v) is 12.3. The largest absolute Gasteiger partial charge is 0.478 e. The van der Waals surface area contributed by atoms with E-state index in [-0.39, 0.29) is 0 Å². The average molecular weight is 281 g/mol. The Labute approximate surface area is 125 Å². The molecule has 0 spiro atoms. The fourth-order valence-corrected chi connectivity index (χ4v) is 2.32. The summed E-state index contributed by atoms with van der Waals surface area (Å²) in [4.78, 5) is 12.9. The highest BCUT2D eigenvalue weighted by Crippen LogP contribution is 2.29. The van der Waals surface area contributed by atoms with Crippen LogP contribution in [-0.4, -0.2) is 17.6 Å². The normalized spacial score (nSPS) is 10.8. The average Bonchev–Trinajstić information content (AvgIpc) is 2.47. The second-order valence-electron chi connectivity index (χ2n) is 4.81. The van der Waals surface area contributed by atoms with Gasteiger partial charge >= 0.3 is 5.97 Å². The SMILES string of the molecule is CCN(c1cccc(C)c1)c1ccccc1C=CC(=O)O. The first-order chi connectivity index (χ1) is 10.1. The summed E-state index contributed by atoms with van der Waals surface area (Å²) in [6.07, 6.45) is 2.80. The van der Waals surface area contributed by atoms with Crippen molar-refractivity contribution in [1.82, 2.24) is 0 Å². The molecule has 2 aromatic carbocycles. The highest BCUT2D eigenvalue weighted by Gasteiger charge is 2.10. The lowest BCUT2D eigenvalue weighted by atomic mass is 10.1. The molecule has 0 amide bonds. The lowest BCUT2D eigenvalue weighted by Crippen LogP contribution is -2.17. The van der Waals surface area contributed by atoms with Crippen LogP contribution in [0.1, 0.15) is 18.1 Å². The van der Waals surface area contributed by atoms with Gasteiger partial charge in [-0.3, -0.25) is 0 Å². The van der Waals surface area contributed by atoms with Gasteiger partial charge in [0.1, 0.15) is 0 Å². The number of aliphatic carboxylic acids is 1. The van der Waals surface area contributed by atoms with Crippen LogP contribution in [0.25, 0.3) is 6.08 Å². The second kappa shape index (κ2) is 6.75. The Hall–Kier alpha value is -2.55. The molecule has 0 bridgehead atoms. The van der Waals surface area contributed by atoms with Crippen molar-refractivity contribution < 1.29 is 9.90 Å². The molecule has 0 radical (unpaired) electrons. The van der Waals surface area contributed by atoms with E-state index in [4.69, 9.17) is 5.11 Å². The Kier molecular flexibility index (Phi) is 4.77. The fourth-order valence-electron chi connectivity index (χ4n) is 2.32. The summed E-state index contributed by atoms with van der Waals surface area (Å²) in [5, 5.41) is 8.81. The van der Waals surface area contributed by atoms with Crippen LogP contribution in [-0.2, 0) is 4.79 Å². The van der Waals surface area contributed by atoms with Crippen molar-refractivity contribution in [3.8, 4) is 0 Å². The van der Waals surface area contributed by atoms with Crippen LogP contribution in [0.3, 0.4) is 0 Å². The van der Waals surface area contributed by atoms with Crippen LogP contribution in [0, 0.1) is 6.92 Å². The van der Waals surface area contributed by atoms with Gasteiger partial charge in [0, 0.05) is 24.0 Å². The van der Waals surface area contributed by atoms with Gasteiger partial charge in [0.2, 0.25) is 0 Å². The quantitative estimate of drug-likeness (QED) is 0.833. The zero-order valence-electron chi connectivity index (χ0n) is 12.3. The van der Waals surface area contributed by atoms with Gasteiger partial charge in [-0.05, 0) is 49.2 Å². The smallest absolute Gasteiger partial charge is 0.328 e. The number of hydrogen-bond donors (Lipinski definition) is 1. The maximum Gasteiger partial charge on any atom is 0.328 e. The molecule has 0 aromatic heterocycles. The molecule has 3 nitrogen and oxygen atoms in total. The third kappa shape index (κ3) is 3.72. The van der Waals surface area contributed by atoms with Crippen LogP contribution < -0.4 is 4.90 Å². The minimum absolute atomic E-state index is 0.807. The van der Waals surface area contributed by atoms with Crippen molar-refractivity contribution in [3.63, 3.8) is 0 Å². The molecule has 2 rings (SSSR count). The minimum atomic E-state index is -0.941. The van der Waals surface area contributed by atoms with Crippen LogP contribution in [0.5, 0.6) is 0 Å². The molecule has 3 heteroatoms. The number of rotatable bonds is 5. The number of carboxylic acid groups (broad SMARTS) is 1. The molecule has 0 fully saturated rings. The van der Waals surface area contributed by atoms with Gasteiger partial charge in [-0.15, -0.1) is 0 Å². The first kappa shape index (κ1) is 14.9. The maximum absolute atomic E-state index is 10.7. The van der Waals surface area contributed by atoms with Crippen molar-refractivity contribution in [2.45, 2.75) is 13.8 Å². The number of carbonyl (C=O) groups is 1. The van der Waals surface area contributed by atoms with Crippen LogP contribution >= 0.6 is 0 Å². The molecule has 0 saturated carbocycles. The zero-order chi connectivity index (χ0) is 15.2. The molecular weight excluding hydrogens is 262 g/mol. The predicted molar refractivity (Wildman–Crippen MR) is 87.0 cm³/mol. The van der Waals surface area contributed by atoms with E-state index in [2.05, 4.69) is 36.9 Å². The number of nitrogens with zero attached hydrogens (tertiary/aromatic N) is 1. The van der Waals surface area contributed by atoms with Crippen molar-refractivity contribution in [3.05, 3.63) is 65.7 Å². The number of carboxylic acids is 1. The molecule has 1 N–H and O–H groups in total. The monoisotopic (exact) mass is 281 g/mol. The van der Waals surface area contributed by atoms with Crippen molar-refractivity contribution in [1.29, 1.82) is 0 Å². The number of anilines is 2. The van der Waals surface area contributed by atoms with Gasteiger partial charge in [0.15, 0.2) is 0 Å². The third-order valence-electron chi connectivity index (χ3n) is 3.26. The lowest BCUT2D eigenvalue weighted by Gasteiger charge is -2.25. The minimum Gasteiger partial charge on any atom is -0.478 e. The van der Waals surface area contributed by atoms with E-state index in [1.54, 1.807) is 6.08 Å². The molecule has 0 saturated heterocycles. The Morgan fingerprint density at radius 2 is 1.95 bits per heavy atom. The van der Waals surface area contributed by atoms with Gasteiger partial charge in [0.05, 0.1) is 0 Å². The van der Waals surface area contributed by atoms with Gasteiger partial charge < -0.3 is 10.0 Å².